The highest BCUT2D eigenvalue weighted by atomic mass is 79.9. The van der Waals surface area contributed by atoms with Crippen molar-refractivity contribution in [3.63, 3.8) is 0 Å². The molecule has 18 heavy (non-hydrogen) atoms. The zero-order valence-electron chi connectivity index (χ0n) is 9.67. The van der Waals surface area contributed by atoms with Gasteiger partial charge in [0, 0.05) is 25.3 Å². The molecule has 0 saturated heterocycles. The Morgan fingerprint density at radius 2 is 1.89 bits per heavy atom. The molecule has 2 aromatic rings. The van der Waals surface area contributed by atoms with Crippen molar-refractivity contribution in [2.75, 3.05) is 5.32 Å². The van der Waals surface area contributed by atoms with Gasteiger partial charge in [-0.1, -0.05) is 15.9 Å². The number of benzene rings is 1. The molecule has 0 spiro atoms. The zero-order chi connectivity index (χ0) is 13.1. The van der Waals surface area contributed by atoms with Gasteiger partial charge in [0.15, 0.2) is 0 Å². The van der Waals surface area contributed by atoms with E-state index in [1.807, 2.05) is 12.1 Å². The lowest BCUT2D eigenvalue weighted by Crippen LogP contribution is -2.03. The second-order valence-electron chi connectivity index (χ2n) is 3.89. The van der Waals surface area contributed by atoms with Crippen molar-refractivity contribution in [1.29, 1.82) is 0 Å². The molecule has 0 atom stereocenters. The largest absolute Gasteiger partial charge is 0.379 e. The van der Waals surface area contributed by atoms with Crippen molar-refractivity contribution in [1.82, 2.24) is 4.98 Å². The van der Waals surface area contributed by atoms with E-state index in [4.69, 9.17) is 0 Å². The van der Waals surface area contributed by atoms with Crippen molar-refractivity contribution in [3.8, 4) is 0 Å². The lowest BCUT2D eigenvalue weighted by Gasteiger charge is -2.10. The summed E-state index contributed by atoms with van der Waals surface area (Å²) in [5.74, 6) is 0. The molecule has 0 aliphatic rings. The van der Waals surface area contributed by atoms with Crippen molar-refractivity contribution >= 4 is 53.5 Å². The molecule has 0 fully saturated rings. The summed E-state index contributed by atoms with van der Waals surface area (Å²) in [7, 11) is 0. The third kappa shape index (κ3) is 3.56. The topological polar surface area (TPSA) is 24.9 Å². The first-order valence-corrected chi connectivity index (χ1v) is 7.74. The third-order valence-corrected chi connectivity index (χ3v) is 4.13. The van der Waals surface area contributed by atoms with Gasteiger partial charge in [-0.2, -0.15) is 0 Å². The molecular weight excluding hydrogens is 424 g/mol. The van der Waals surface area contributed by atoms with E-state index >= 15 is 0 Å². The zero-order valence-corrected chi connectivity index (χ0v) is 14.4. The van der Waals surface area contributed by atoms with Crippen LogP contribution < -0.4 is 5.32 Å². The quantitative estimate of drug-likeness (QED) is 0.710. The van der Waals surface area contributed by atoms with Crippen LogP contribution in [0.25, 0.3) is 0 Å². The van der Waals surface area contributed by atoms with Crippen LogP contribution in [0.5, 0.6) is 0 Å². The molecule has 0 aliphatic carbocycles. The van der Waals surface area contributed by atoms with E-state index in [0.29, 0.717) is 6.54 Å². The maximum Gasteiger partial charge on any atom is 0.0737 e. The molecule has 0 bridgehead atoms. The standard InChI is InChI=1S/C13H11Br3N2/c1-8-4-9(14)2-3-12(8)18-7-13-11(16)5-10(15)6-17-13/h2-6,18H,7H2,1H3. The van der Waals surface area contributed by atoms with E-state index in [-0.39, 0.29) is 0 Å². The van der Waals surface area contributed by atoms with Gasteiger partial charge in [0.2, 0.25) is 0 Å². The van der Waals surface area contributed by atoms with E-state index in [0.717, 1.165) is 24.8 Å². The highest BCUT2D eigenvalue weighted by Crippen LogP contribution is 2.23. The molecule has 1 aromatic heterocycles. The number of nitrogens with one attached hydrogen (secondary N) is 1. The molecule has 1 aromatic carbocycles. The summed E-state index contributed by atoms with van der Waals surface area (Å²) in [6, 6.07) is 8.18. The minimum atomic E-state index is 0.691. The molecule has 0 amide bonds. The number of hydrogen-bond donors (Lipinski definition) is 1. The van der Waals surface area contributed by atoms with Crippen LogP contribution in [0.1, 0.15) is 11.3 Å². The van der Waals surface area contributed by atoms with Crippen LogP contribution >= 0.6 is 47.8 Å². The van der Waals surface area contributed by atoms with Crippen LogP contribution in [0.2, 0.25) is 0 Å². The second-order valence-corrected chi connectivity index (χ2v) is 6.58. The number of pyridine rings is 1. The number of aromatic nitrogens is 1. The summed E-state index contributed by atoms with van der Waals surface area (Å²) >= 11 is 10.4. The number of halogens is 3. The van der Waals surface area contributed by atoms with Crippen molar-refractivity contribution in [2.45, 2.75) is 13.5 Å². The molecule has 0 unspecified atom stereocenters. The number of anilines is 1. The monoisotopic (exact) mass is 432 g/mol. The Kier molecular flexibility index (Phi) is 4.81. The van der Waals surface area contributed by atoms with Gasteiger partial charge in [-0.25, -0.2) is 0 Å². The van der Waals surface area contributed by atoms with Gasteiger partial charge in [0.05, 0.1) is 12.2 Å². The molecular formula is C13H11Br3N2. The number of aryl methyl sites for hydroxylation is 1. The van der Waals surface area contributed by atoms with E-state index in [2.05, 4.69) is 77.1 Å². The summed E-state index contributed by atoms with van der Waals surface area (Å²) in [6.45, 7) is 2.77. The lowest BCUT2D eigenvalue weighted by atomic mass is 10.2. The fourth-order valence-corrected chi connectivity index (χ4v) is 3.18. The van der Waals surface area contributed by atoms with Crippen molar-refractivity contribution < 1.29 is 0 Å². The van der Waals surface area contributed by atoms with Crippen LogP contribution in [-0.4, -0.2) is 4.98 Å². The summed E-state index contributed by atoms with van der Waals surface area (Å²) in [5.41, 5.74) is 3.31. The Balaban J connectivity index is 2.11. The summed E-state index contributed by atoms with van der Waals surface area (Å²) < 4.78 is 3.06. The molecule has 2 rings (SSSR count). The Morgan fingerprint density at radius 1 is 1.11 bits per heavy atom. The normalized spacial score (nSPS) is 10.4. The minimum absolute atomic E-state index is 0.691. The molecule has 1 heterocycles. The van der Waals surface area contributed by atoms with Crippen molar-refractivity contribution in [2.24, 2.45) is 0 Å². The van der Waals surface area contributed by atoms with Gasteiger partial charge in [-0.05, 0) is 68.6 Å². The second kappa shape index (κ2) is 6.17. The summed E-state index contributed by atoms with van der Waals surface area (Å²) in [6.07, 6.45) is 1.80. The van der Waals surface area contributed by atoms with Gasteiger partial charge in [0.1, 0.15) is 0 Å². The van der Waals surface area contributed by atoms with E-state index in [1.165, 1.54) is 5.56 Å². The Hall–Kier alpha value is -0.390. The average molecular weight is 435 g/mol. The predicted octanol–water partition coefficient (Wildman–Crippen LogP) is 5.29. The first-order chi connectivity index (χ1) is 8.56. The Bertz CT molecular complexity index is 519. The highest BCUT2D eigenvalue weighted by molar-refractivity contribution is 9.11. The highest BCUT2D eigenvalue weighted by Gasteiger charge is 2.04. The molecule has 0 saturated carbocycles. The van der Waals surface area contributed by atoms with Crippen molar-refractivity contribution in [3.05, 3.63) is 55.1 Å². The van der Waals surface area contributed by atoms with Gasteiger partial charge in [-0.15, -0.1) is 0 Å². The predicted molar refractivity (Wildman–Crippen MR) is 85.8 cm³/mol. The summed E-state index contributed by atoms with van der Waals surface area (Å²) in [5, 5.41) is 3.39. The van der Waals surface area contributed by atoms with E-state index < -0.39 is 0 Å². The first-order valence-electron chi connectivity index (χ1n) is 5.36. The average Bonchev–Trinajstić information content (AvgIpc) is 2.30. The fourth-order valence-electron chi connectivity index (χ4n) is 1.58. The molecule has 5 heteroatoms. The Labute approximate surface area is 132 Å². The van der Waals surface area contributed by atoms with Gasteiger partial charge >= 0.3 is 0 Å². The molecule has 2 nitrogen and oxygen atoms in total. The molecule has 94 valence electrons. The SMILES string of the molecule is Cc1cc(Br)ccc1NCc1ncc(Br)cc1Br. The van der Waals surface area contributed by atoms with Crippen LogP contribution in [0.4, 0.5) is 5.69 Å². The van der Waals surface area contributed by atoms with Gasteiger partial charge in [-0.3, -0.25) is 4.98 Å². The smallest absolute Gasteiger partial charge is 0.0737 e. The van der Waals surface area contributed by atoms with E-state index in [1.54, 1.807) is 6.20 Å². The minimum Gasteiger partial charge on any atom is -0.379 e. The van der Waals surface area contributed by atoms with Crippen LogP contribution in [-0.2, 0) is 6.54 Å². The number of nitrogens with zero attached hydrogens (tertiary/aromatic N) is 1. The third-order valence-electron chi connectivity index (χ3n) is 2.52. The van der Waals surface area contributed by atoms with E-state index in [9.17, 15) is 0 Å². The maximum atomic E-state index is 4.37. The number of hydrogen-bond acceptors (Lipinski definition) is 2. The summed E-state index contributed by atoms with van der Waals surface area (Å²) in [4.78, 5) is 4.37. The molecule has 1 N–H and O–H groups in total. The molecule has 0 aliphatic heterocycles. The Morgan fingerprint density at radius 3 is 2.56 bits per heavy atom. The van der Waals surface area contributed by atoms with Crippen LogP contribution in [0.15, 0.2) is 43.9 Å². The van der Waals surface area contributed by atoms with Crippen LogP contribution in [0.3, 0.4) is 0 Å². The van der Waals surface area contributed by atoms with Gasteiger partial charge < -0.3 is 5.32 Å². The van der Waals surface area contributed by atoms with Gasteiger partial charge in [0.25, 0.3) is 0 Å². The van der Waals surface area contributed by atoms with Crippen LogP contribution in [0, 0.1) is 6.92 Å². The number of rotatable bonds is 3. The maximum absolute atomic E-state index is 4.37. The first kappa shape index (κ1) is 14.0. The lowest BCUT2D eigenvalue weighted by molar-refractivity contribution is 1.02. The fraction of sp³-hybridized carbons (Fsp3) is 0.154. The molecule has 0 radical (unpaired) electrons.